The minimum Gasteiger partial charge on any atom is -0.406 e. The second-order valence-electron chi connectivity index (χ2n) is 5.16. The highest BCUT2D eigenvalue weighted by Crippen LogP contribution is 2.23. The van der Waals surface area contributed by atoms with E-state index in [2.05, 4.69) is 4.74 Å². The van der Waals surface area contributed by atoms with Gasteiger partial charge >= 0.3 is 6.36 Å². The molecule has 118 valence electrons. The molecule has 0 saturated heterocycles. The first-order valence-electron chi connectivity index (χ1n) is 6.45. The molecule has 1 atom stereocenters. The van der Waals surface area contributed by atoms with E-state index in [9.17, 15) is 18.0 Å². The van der Waals surface area contributed by atoms with Gasteiger partial charge in [-0.15, -0.1) is 13.2 Å². The summed E-state index contributed by atoms with van der Waals surface area (Å²) in [5.41, 5.74) is 6.29. The Morgan fingerprint density at radius 3 is 2.52 bits per heavy atom. The first-order chi connectivity index (χ1) is 9.60. The molecule has 0 aliphatic carbocycles. The number of nitrogens with two attached hydrogens (primary N) is 1. The van der Waals surface area contributed by atoms with E-state index in [1.807, 2.05) is 13.8 Å². The van der Waals surface area contributed by atoms with Crippen molar-refractivity contribution in [2.24, 2.45) is 11.7 Å². The van der Waals surface area contributed by atoms with Gasteiger partial charge in [0.05, 0.1) is 6.04 Å². The number of rotatable bonds is 5. The van der Waals surface area contributed by atoms with Gasteiger partial charge in [-0.05, 0) is 23.6 Å². The predicted molar refractivity (Wildman–Crippen MR) is 72.4 cm³/mol. The van der Waals surface area contributed by atoms with E-state index >= 15 is 0 Å². The van der Waals surface area contributed by atoms with Gasteiger partial charge in [0.2, 0.25) is 5.91 Å². The molecule has 0 heterocycles. The average molecular weight is 304 g/mol. The first-order valence-corrected chi connectivity index (χ1v) is 6.45. The molecule has 4 nitrogen and oxygen atoms in total. The molecular weight excluding hydrogens is 285 g/mol. The van der Waals surface area contributed by atoms with Crippen molar-refractivity contribution in [3.8, 4) is 5.75 Å². The Bertz CT molecular complexity index is 489. The number of carbonyl (C=O) groups is 1. The summed E-state index contributed by atoms with van der Waals surface area (Å²) in [5.74, 6) is -0.582. The van der Waals surface area contributed by atoms with Crippen molar-refractivity contribution < 1.29 is 22.7 Å². The van der Waals surface area contributed by atoms with E-state index in [1.54, 1.807) is 13.1 Å². The highest BCUT2D eigenvalue weighted by Gasteiger charge is 2.31. The molecule has 1 aromatic carbocycles. The third-order valence-corrected chi connectivity index (χ3v) is 2.93. The number of hydrogen-bond acceptors (Lipinski definition) is 3. The van der Waals surface area contributed by atoms with Gasteiger partial charge in [0.15, 0.2) is 0 Å². The molecule has 0 spiro atoms. The van der Waals surface area contributed by atoms with E-state index in [0.29, 0.717) is 5.56 Å². The van der Waals surface area contributed by atoms with Gasteiger partial charge in [0.25, 0.3) is 0 Å². The Hall–Kier alpha value is -1.76. The highest BCUT2D eigenvalue weighted by molar-refractivity contribution is 5.81. The van der Waals surface area contributed by atoms with Crippen molar-refractivity contribution in [2.75, 3.05) is 7.05 Å². The molecule has 0 aliphatic heterocycles. The van der Waals surface area contributed by atoms with Gasteiger partial charge in [-0.1, -0.05) is 26.0 Å². The Labute approximate surface area is 121 Å². The number of alkyl halides is 3. The van der Waals surface area contributed by atoms with Crippen LogP contribution in [0, 0.1) is 5.92 Å². The number of benzene rings is 1. The fraction of sp³-hybridized carbons (Fsp3) is 0.500. The van der Waals surface area contributed by atoms with E-state index < -0.39 is 12.4 Å². The molecule has 0 unspecified atom stereocenters. The van der Waals surface area contributed by atoms with Crippen LogP contribution in [0.4, 0.5) is 13.2 Å². The van der Waals surface area contributed by atoms with Crippen LogP contribution in [0.1, 0.15) is 19.4 Å². The summed E-state index contributed by atoms with van der Waals surface area (Å²) in [6, 6.07) is 4.88. The lowest BCUT2D eigenvalue weighted by atomic mass is 10.0. The Morgan fingerprint density at radius 1 is 1.38 bits per heavy atom. The van der Waals surface area contributed by atoms with Crippen LogP contribution >= 0.6 is 0 Å². The molecule has 0 bridgehead atoms. The normalized spacial score (nSPS) is 13.1. The van der Waals surface area contributed by atoms with Crippen LogP contribution in [0.3, 0.4) is 0 Å². The molecule has 1 rings (SSSR count). The van der Waals surface area contributed by atoms with Crippen LogP contribution in [-0.4, -0.2) is 30.3 Å². The maximum atomic E-state index is 12.2. The zero-order valence-corrected chi connectivity index (χ0v) is 12.1. The molecule has 0 aliphatic rings. The molecule has 7 heteroatoms. The fourth-order valence-corrected chi connectivity index (χ4v) is 1.73. The number of ether oxygens (including phenoxy) is 1. The molecule has 1 aromatic rings. The third-order valence-electron chi connectivity index (χ3n) is 2.93. The molecule has 1 amide bonds. The second-order valence-corrected chi connectivity index (χ2v) is 5.16. The van der Waals surface area contributed by atoms with Crippen molar-refractivity contribution in [1.29, 1.82) is 0 Å². The molecule has 21 heavy (non-hydrogen) atoms. The quantitative estimate of drug-likeness (QED) is 0.909. The summed E-state index contributed by atoms with van der Waals surface area (Å²) < 4.78 is 40.3. The maximum Gasteiger partial charge on any atom is 0.573 e. The van der Waals surface area contributed by atoms with Crippen LogP contribution in [0.25, 0.3) is 0 Å². The standard InChI is InChI=1S/C14H19F3N2O2/c1-9(2)12(18)13(20)19(3)8-10-5-4-6-11(7-10)21-14(15,16)17/h4-7,9,12H,8,18H2,1-3H3/t12-/m0/s1. The first kappa shape index (κ1) is 17.3. The minimum absolute atomic E-state index is 0.0140. The van der Waals surface area contributed by atoms with Crippen molar-refractivity contribution in [2.45, 2.75) is 32.8 Å². The topological polar surface area (TPSA) is 55.6 Å². The highest BCUT2D eigenvalue weighted by atomic mass is 19.4. The van der Waals surface area contributed by atoms with Crippen LogP contribution in [0.5, 0.6) is 5.75 Å². The minimum atomic E-state index is -4.74. The summed E-state index contributed by atoms with van der Waals surface area (Å²) in [6.45, 7) is 3.82. The number of carbonyl (C=O) groups excluding carboxylic acids is 1. The fourth-order valence-electron chi connectivity index (χ4n) is 1.73. The summed E-state index contributed by atoms with van der Waals surface area (Å²) >= 11 is 0. The largest absolute Gasteiger partial charge is 0.573 e. The van der Waals surface area contributed by atoms with Gasteiger partial charge in [-0.2, -0.15) is 0 Å². The van der Waals surface area contributed by atoms with E-state index in [0.717, 1.165) is 0 Å². The zero-order valence-electron chi connectivity index (χ0n) is 12.1. The van der Waals surface area contributed by atoms with E-state index in [-0.39, 0.29) is 24.1 Å². The Morgan fingerprint density at radius 2 is 2.00 bits per heavy atom. The van der Waals surface area contributed by atoms with Crippen LogP contribution in [0.15, 0.2) is 24.3 Å². The SMILES string of the molecule is CC(C)[C@H](N)C(=O)N(C)Cc1cccc(OC(F)(F)F)c1. The lowest BCUT2D eigenvalue weighted by molar-refractivity contribution is -0.274. The second kappa shape index (κ2) is 6.80. The van der Waals surface area contributed by atoms with Crippen LogP contribution < -0.4 is 10.5 Å². The lowest BCUT2D eigenvalue weighted by Crippen LogP contribution is -2.44. The summed E-state index contributed by atoms with van der Waals surface area (Å²) in [5, 5.41) is 0. The molecule has 0 radical (unpaired) electrons. The molecule has 0 aromatic heterocycles. The lowest BCUT2D eigenvalue weighted by Gasteiger charge is -2.23. The molecular formula is C14H19F3N2O2. The zero-order chi connectivity index (χ0) is 16.2. The van der Waals surface area contributed by atoms with E-state index in [4.69, 9.17) is 5.73 Å². The van der Waals surface area contributed by atoms with Crippen molar-refractivity contribution >= 4 is 5.91 Å². The number of hydrogen-bond donors (Lipinski definition) is 1. The maximum absolute atomic E-state index is 12.2. The third kappa shape index (κ3) is 5.63. The number of nitrogens with zero attached hydrogens (tertiary/aromatic N) is 1. The Balaban J connectivity index is 2.75. The van der Waals surface area contributed by atoms with Crippen molar-refractivity contribution in [1.82, 2.24) is 4.90 Å². The summed E-state index contributed by atoms with van der Waals surface area (Å²) in [4.78, 5) is 13.4. The van der Waals surface area contributed by atoms with Crippen LogP contribution in [0.2, 0.25) is 0 Å². The van der Waals surface area contributed by atoms with E-state index in [1.165, 1.54) is 23.1 Å². The average Bonchev–Trinajstić information content (AvgIpc) is 2.35. The van der Waals surface area contributed by atoms with Crippen molar-refractivity contribution in [3.05, 3.63) is 29.8 Å². The Kier molecular flexibility index (Phi) is 5.60. The van der Waals surface area contributed by atoms with Gasteiger partial charge in [-0.25, -0.2) is 0 Å². The number of halogens is 3. The predicted octanol–water partition coefficient (Wildman–Crippen LogP) is 2.53. The molecule has 0 fully saturated rings. The smallest absolute Gasteiger partial charge is 0.406 e. The van der Waals surface area contributed by atoms with Gasteiger partial charge < -0.3 is 15.4 Å². The summed E-state index contributed by atoms with van der Waals surface area (Å²) in [6.07, 6.45) is -4.74. The molecule has 2 N–H and O–H groups in total. The van der Waals surface area contributed by atoms with Gasteiger partial charge in [-0.3, -0.25) is 4.79 Å². The van der Waals surface area contributed by atoms with Crippen molar-refractivity contribution in [3.63, 3.8) is 0 Å². The monoisotopic (exact) mass is 304 g/mol. The number of amides is 1. The van der Waals surface area contributed by atoms with Crippen LogP contribution in [-0.2, 0) is 11.3 Å². The van der Waals surface area contributed by atoms with Gasteiger partial charge in [0, 0.05) is 13.6 Å². The van der Waals surface area contributed by atoms with Gasteiger partial charge in [0.1, 0.15) is 5.75 Å². The number of likely N-dealkylation sites (N-methyl/N-ethyl adjacent to an activating group) is 1. The summed E-state index contributed by atoms with van der Waals surface area (Å²) in [7, 11) is 1.56. The molecule has 0 saturated carbocycles.